The third-order valence-corrected chi connectivity index (χ3v) is 2.91. The van der Waals surface area contributed by atoms with Gasteiger partial charge in [-0.3, -0.25) is 14.6 Å². The number of nitrogens with two attached hydrogens (primary N) is 2. The summed E-state index contributed by atoms with van der Waals surface area (Å²) in [5, 5.41) is 8.27. The Labute approximate surface area is 125 Å². The summed E-state index contributed by atoms with van der Waals surface area (Å²) in [5.41, 5.74) is 10.8. The van der Waals surface area contributed by atoms with Crippen molar-refractivity contribution < 1.29 is 9.90 Å². The van der Waals surface area contributed by atoms with Crippen molar-refractivity contribution in [2.24, 2.45) is 5.73 Å². The maximum absolute atomic E-state index is 11.0. The number of anilines is 1. The van der Waals surface area contributed by atoms with Gasteiger partial charge in [-0.05, 0) is 18.4 Å². The molecule has 2 aromatic heterocycles. The van der Waals surface area contributed by atoms with Gasteiger partial charge in [0, 0.05) is 0 Å². The Morgan fingerprint density at radius 3 is 2.81 bits per heavy atom. The van der Waals surface area contributed by atoms with E-state index < -0.39 is 12.0 Å². The Morgan fingerprint density at radius 2 is 2.24 bits per heavy atom. The highest BCUT2D eigenvalue weighted by Gasteiger charge is 2.09. The van der Waals surface area contributed by atoms with Crippen LogP contribution >= 0.6 is 11.8 Å². The van der Waals surface area contributed by atoms with Gasteiger partial charge in [-0.1, -0.05) is 7.43 Å². The molecule has 0 saturated heterocycles. The number of carboxylic acid groups (broad SMARTS) is 1. The molecule has 7 N–H and O–H groups in total. The number of hydrogen-bond donors (Lipinski definition) is 5. The van der Waals surface area contributed by atoms with Crippen LogP contribution in [0.5, 0.6) is 0 Å². The van der Waals surface area contributed by atoms with E-state index in [0.29, 0.717) is 17.6 Å². The molecular formula is C11H20N6O3S. The summed E-state index contributed by atoms with van der Waals surface area (Å²) in [7, 11) is 0. The number of aromatic amines is 2. The van der Waals surface area contributed by atoms with Crippen molar-refractivity contribution in [3.8, 4) is 0 Å². The third-order valence-electron chi connectivity index (χ3n) is 2.26. The minimum absolute atomic E-state index is 0. The fourth-order valence-corrected chi connectivity index (χ4v) is 1.72. The lowest BCUT2D eigenvalue weighted by atomic mass is 10.2. The minimum atomic E-state index is -0.913. The number of aromatic nitrogens is 4. The lowest BCUT2D eigenvalue weighted by molar-refractivity contribution is -0.138. The topological polar surface area (TPSA) is 164 Å². The molecule has 0 aliphatic heterocycles. The monoisotopic (exact) mass is 316 g/mol. The zero-order valence-corrected chi connectivity index (χ0v) is 11.6. The van der Waals surface area contributed by atoms with Gasteiger partial charge in [0.25, 0.3) is 5.56 Å². The summed E-state index contributed by atoms with van der Waals surface area (Å²) in [4.78, 5) is 33.6. The molecule has 2 rings (SSSR count). The highest BCUT2D eigenvalue weighted by Crippen LogP contribution is 1.99. The van der Waals surface area contributed by atoms with Crippen molar-refractivity contribution in [1.29, 1.82) is 0 Å². The largest absolute Gasteiger partial charge is 0.480 e. The average molecular weight is 316 g/mol. The Balaban J connectivity index is 0.000000373. The van der Waals surface area contributed by atoms with Gasteiger partial charge < -0.3 is 21.6 Å². The molecule has 0 aliphatic carbocycles. The van der Waals surface area contributed by atoms with Crippen LogP contribution in [0.25, 0.3) is 11.2 Å². The van der Waals surface area contributed by atoms with E-state index in [-0.39, 0.29) is 18.9 Å². The van der Waals surface area contributed by atoms with Crippen LogP contribution in [0.15, 0.2) is 11.1 Å². The van der Waals surface area contributed by atoms with Crippen LogP contribution in [0.4, 0.5) is 5.95 Å². The fraction of sp³-hybridized carbons (Fsp3) is 0.455. The first kappa shape index (κ1) is 18.9. The van der Waals surface area contributed by atoms with E-state index in [1.54, 1.807) is 11.8 Å². The second-order valence-electron chi connectivity index (χ2n) is 3.78. The number of nitrogen functional groups attached to an aromatic ring is 1. The first-order chi connectivity index (χ1) is 9.45. The van der Waals surface area contributed by atoms with Crippen molar-refractivity contribution in [1.82, 2.24) is 19.9 Å². The predicted molar refractivity (Wildman–Crippen MR) is 84.3 cm³/mol. The lowest BCUT2D eigenvalue weighted by Gasteiger charge is -2.02. The summed E-state index contributed by atoms with van der Waals surface area (Å²) < 4.78 is 0. The number of imidazole rings is 1. The highest BCUT2D eigenvalue weighted by atomic mass is 32.2. The van der Waals surface area contributed by atoms with Crippen LogP contribution in [-0.2, 0) is 4.79 Å². The maximum atomic E-state index is 11.0. The fourth-order valence-electron chi connectivity index (χ4n) is 1.23. The van der Waals surface area contributed by atoms with E-state index in [9.17, 15) is 9.59 Å². The molecule has 0 aliphatic rings. The van der Waals surface area contributed by atoms with Crippen LogP contribution in [0.1, 0.15) is 13.8 Å². The molecule has 0 fully saturated rings. The Morgan fingerprint density at radius 1 is 1.57 bits per heavy atom. The third kappa shape index (κ3) is 5.83. The number of fused-ring (bicyclic) bond motifs is 1. The quantitative estimate of drug-likeness (QED) is 0.526. The summed E-state index contributed by atoms with van der Waals surface area (Å²) in [5.74, 6) is -0.0216. The van der Waals surface area contributed by atoms with E-state index >= 15 is 0 Å². The zero-order valence-electron chi connectivity index (χ0n) is 10.8. The number of H-pyrrole nitrogens is 2. The van der Waals surface area contributed by atoms with Crippen molar-refractivity contribution in [3.63, 3.8) is 0 Å². The molecule has 0 spiro atoms. The molecule has 2 heterocycles. The molecule has 1 atom stereocenters. The molecule has 10 heteroatoms. The maximum Gasteiger partial charge on any atom is 0.320 e. The van der Waals surface area contributed by atoms with Gasteiger partial charge in [0.15, 0.2) is 11.2 Å². The van der Waals surface area contributed by atoms with Gasteiger partial charge in [-0.25, -0.2) is 4.98 Å². The molecule has 0 amide bonds. The van der Waals surface area contributed by atoms with Gasteiger partial charge in [0.1, 0.15) is 6.04 Å². The molecule has 118 valence electrons. The first-order valence-electron chi connectivity index (χ1n) is 5.62. The summed E-state index contributed by atoms with van der Waals surface area (Å²) >= 11 is 1.60. The van der Waals surface area contributed by atoms with Gasteiger partial charge in [0.2, 0.25) is 5.95 Å². The number of rotatable bonds is 4. The van der Waals surface area contributed by atoms with Crippen molar-refractivity contribution in [3.05, 3.63) is 16.7 Å². The SMILES string of the molecule is C.CSCCC(N)C(=O)O.Nc1nc2nc[nH]c2c(=O)[nH]1. The number of carboxylic acids is 1. The van der Waals surface area contributed by atoms with Crippen molar-refractivity contribution in [2.75, 3.05) is 17.7 Å². The minimum Gasteiger partial charge on any atom is -0.480 e. The molecule has 0 aromatic carbocycles. The van der Waals surface area contributed by atoms with Crippen LogP contribution in [-0.4, -0.2) is 49.1 Å². The summed E-state index contributed by atoms with van der Waals surface area (Å²) in [6.45, 7) is 0. The Hall–Kier alpha value is -2.07. The van der Waals surface area contributed by atoms with E-state index in [1.807, 2.05) is 6.26 Å². The number of hydrogen-bond acceptors (Lipinski definition) is 7. The number of aliphatic carboxylic acids is 1. The number of thioether (sulfide) groups is 1. The molecule has 0 bridgehead atoms. The van der Waals surface area contributed by atoms with Crippen molar-refractivity contribution in [2.45, 2.75) is 19.9 Å². The molecule has 2 aromatic rings. The smallest absolute Gasteiger partial charge is 0.320 e. The molecule has 1 unspecified atom stereocenters. The Bertz CT molecular complexity index is 626. The normalized spacial score (nSPS) is 11.1. The standard InChI is InChI=1S/C5H5N5O.C5H11NO2S.CH4/c6-5-9-3-2(4(11)10-5)7-1-8-3;1-9-3-2-4(6)5(7)8;/h1H,(H4,6,7,8,9,10,11);4H,2-3,6H2,1H3,(H,7,8);1H4. The van der Waals surface area contributed by atoms with Crippen LogP contribution in [0.3, 0.4) is 0 Å². The molecular weight excluding hydrogens is 296 g/mol. The van der Waals surface area contributed by atoms with Crippen molar-refractivity contribution >= 4 is 34.8 Å². The molecule has 21 heavy (non-hydrogen) atoms. The van der Waals surface area contributed by atoms with Crippen LogP contribution < -0.4 is 17.0 Å². The van der Waals surface area contributed by atoms with E-state index in [1.165, 1.54) is 6.33 Å². The van der Waals surface area contributed by atoms with Gasteiger partial charge in [-0.2, -0.15) is 16.7 Å². The van der Waals surface area contributed by atoms with E-state index in [0.717, 1.165) is 5.75 Å². The molecule has 9 nitrogen and oxygen atoms in total. The average Bonchev–Trinajstić information content (AvgIpc) is 2.84. The van der Waals surface area contributed by atoms with E-state index in [4.69, 9.17) is 16.6 Å². The number of carbonyl (C=O) groups is 1. The lowest BCUT2D eigenvalue weighted by Crippen LogP contribution is -2.30. The summed E-state index contributed by atoms with van der Waals surface area (Å²) in [6, 6.07) is -0.683. The van der Waals surface area contributed by atoms with Crippen LogP contribution in [0.2, 0.25) is 0 Å². The molecule has 0 saturated carbocycles. The van der Waals surface area contributed by atoms with Gasteiger partial charge >= 0.3 is 5.97 Å². The summed E-state index contributed by atoms with van der Waals surface area (Å²) in [6.07, 6.45) is 3.87. The highest BCUT2D eigenvalue weighted by molar-refractivity contribution is 7.98. The molecule has 0 radical (unpaired) electrons. The second kappa shape index (κ2) is 8.97. The predicted octanol–water partition coefficient (Wildman–Crippen LogP) is 0.0159. The zero-order chi connectivity index (χ0) is 15.1. The Kier molecular flexibility index (Phi) is 8.09. The number of nitrogens with zero attached hydrogens (tertiary/aromatic N) is 2. The number of nitrogens with one attached hydrogen (secondary N) is 2. The van der Waals surface area contributed by atoms with E-state index in [2.05, 4.69) is 19.9 Å². The first-order valence-corrected chi connectivity index (χ1v) is 7.01. The van der Waals surface area contributed by atoms with Crippen LogP contribution in [0, 0.1) is 0 Å². The van der Waals surface area contributed by atoms with Gasteiger partial charge in [0.05, 0.1) is 6.33 Å². The van der Waals surface area contributed by atoms with Gasteiger partial charge in [-0.15, -0.1) is 0 Å². The second-order valence-corrected chi connectivity index (χ2v) is 4.76.